The quantitative estimate of drug-likeness (QED) is 0.845. The Hall–Kier alpha value is -1.71. The molecule has 18 heavy (non-hydrogen) atoms. The molecular weight excluding hydrogens is 232 g/mol. The van der Waals surface area contributed by atoms with Crippen LogP contribution in [0, 0.1) is 12.8 Å². The second-order valence-electron chi connectivity index (χ2n) is 4.27. The van der Waals surface area contributed by atoms with Crippen molar-refractivity contribution in [1.82, 2.24) is 0 Å². The van der Waals surface area contributed by atoms with E-state index in [1.165, 1.54) is 0 Å². The highest BCUT2D eigenvalue weighted by molar-refractivity contribution is 5.70. The summed E-state index contributed by atoms with van der Waals surface area (Å²) in [5, 5.41) is 9.12. The average Bonchev–Trinajstić information content (AvgIpc) is 2.35. The van der Waals surface area contributed by atoms with E-state index in [4.69, 9.17) is 14.6 Å². The molecule has 0 spiro atoms. The van der Waals surface area contributed by atoms with Gasteiger partial charge in [-0.3, -0.25) is 4.79 Å². The molecule has 1 aromatic carbocycles. The van der Waals surface area contributed by atoms with Crippen LogP contribution in [0.2, 0.25) is 0 Å². The van der Waals surface area contributed by atoms with Crippen molar-refractivity contribution in [3.8, 4) is 11.5 Å². The van der Waals surface area contributed by atoms with Crippen molar-refractivity contribution in [3.63, 3.8) is 0 Å². The third kappa shape index (κ3) is 3.15. The Morgan fingerprint density at radius 3 is 2.44 bits per heavy atom. The Morgan fingerprint density at radius 2 is 2.00 bits per heavy atom. The lowest BCUT2D eigenvalue weighted by atomic mass is 9.93. The van der Waals surface area contributed by atoms with Gasteiger partial charge in [-0.25, -0.2) is 0 Å². The molecule has 1 rings (SSSR count). The zero-order valence-corrected chi connectivity index (χ0v) is 11.3. The molecule has 0 saturated carbocycles. The van der Waals surface area contributed by atoms with Crippen molar-refractivity contribution >= 4 is 5.97 Å². The number of carbonyl (C=O) groups is 1. The Bertz CT molecular complexity index is 426. The SMILES string of the molecule is CCC(Cc1c(C)cc(OC)cc1OC)C(=O)O. The van der Waals surface area contributed by atoms with Gasteiger partial charge >= 0.3 is 5.97 Å². The van der Waals surface area contributed by atoms with E-state index in [1.807, 2.05) is 19.9 Å². The minimum absolute atomic E-state index is 0.383. The average molecular weight is 252 g/mol. The summed E-state index contributed by atoms with van der Waals surface area (Å²) in [5.41, 5.74) is 1.93. The van der Waals surface area contributed by atoms with E-state index in [0.29, 0.717) is 18.6 Å². The first-order valence-corrected chi connectivity index (χ1v) is 5.97. The Balaban J connectivity index is 3.11. The number of methoxy groups -OCH3 is 2. The number of carboxylic acid groups (broad SMARTS) is 1. The van der Waals surface area contributed by atoms with Gasteiger partial charge in [0.2, 0.25) is 0 Å². The molecule has 0 aromatic heterocycles. The molecule has 0 radical (unpaired) electrons. The largest absolute Gasteiger partial charge is 0.497 e. The molecule has 1 N–H and O–H groups in total. The van der Waals surface area contributed by atoms with Gasteiger partial charge in [-0.2, -0.15) is 0 Å². The fraction of sp³-hybridized carbons (Fsp3) is 0.500. The van der Waals surface area contributed by atoms with Crippen LogP contribution in [0.15, 0.2) is 12.1 Å². The van der Waals surface area contributed by atoms with Gasteiger partial charge < -0.3 is 14.6 Å². The number of carboxylic acids is 1. The topological polar surface area (TPSA) is 55.8 Å². The van der Waals surface area contributed by atoms with Crippen molar-refractivity contribution < 1.29 is 19.4 Å². The van der Waals surface area contributed by atoms with Crippen LogP contribution in [0.4, 0.5) is 0 Å². The molecule has 0 bridgehead atoms. The number of hydrogen-bond acceptors (Lipinski definition) is 3. The summed E-state index contributed by atoms with van der Waals surface area (Å²) in [7, 11) is 3.18. The molecule has 0 aliphatic rings. The Kier molecular flexibility index (Phi) is 5.01. The number of aryl methyl sites for hydroxylation is 1. The fourth-order valence-corrected chi connectivity index (χ4v) is 1.97. The van der Waals surface area contributed by atoms with Gasteiger partial charge in [-0.1, -0.05) is 6.92 Å². The molecule has 1 aromatic rings. The number of hydrogen-bond donors (Lipinski definition) is 1. The van der Waals surface area contributed by atoms with Crippen molar-refractivity contribution in [2.45, 2.75) is 26.7 Å². The molecule has 100 valence electrons. The summed E-state index contributed by atoms with van der Waals surface area (Å²) in [6, 6.07) is 3.68. The van der Waals surface area contributed by atoms with Gasteiger partial charge in [0, 0.05) is 6.07 Å². The molecule has 0 amide bonds. The third-order valence-corrected chi connectivity index (χ3v) is 3.15. The van der Waals surface area contributed by atoms with Gasteiger partial charge in [0.15, 0.2) is 0 Å². The van der Waals surface area contributed by atoms with Crippen LogP contribution in [-0.4, -0.2) is 25.3 Å². The maximum Gasteiger partial charge on any atom is 0.306 e. The van der Waals surface area contributed by atoms with Crippen LogP contribution in [-0.2, 0) is 11.2 Å². The van der Waals surface area contributed by atoms with Crippen LogP contribution < -0.4 is 9.47 Å². The van der Waals surface area contributed by atoms with E-state index >= 15 is 0 Å². The first kappa shape index (κ1) is 14.4. The summed E-state index contributed by atoms with van der Waals surface area (Å²) >= 11 is 0. The zero-order valence-electron chi connectivity index (χ0n) is 11.3. The van der Waals surface area contributed by atoms with Gasteiger partial charge in [0.25, 0.3) is 0 Å². The summed E-state index contributed by atoms with van der Waals surface area (Å²) in [6.45, 7) is 3.82. The lowest BCUT2D eigenvalue weighted by Crippen LogP contribution is -2.16. The van der Waals surface area contributed by atoms with E-state index in [-0.39, 0.29) is 5.92 Å². The molecule has 0 saturated heterocycles. The molecule has 4 heteroatoms. The molecule has 0 aliphatic heterocycles. The second kappa shape index (κ2) is 6.28. The number of rotatable bonds is 6. The molecule has 4 nitrogen and oxygen atoms in total. The Morgan fingerprint density at radius 1 is 1.33 bits per heavy atom. The van der Waals surface area contributed by atoms with Crippen LogP contribution in [0.5, 0.6) is 11.5 Å². The van der Waals surface area contributed by atoms with Crippen molar-refractivity contribution in [1.29, 1.82) is 0 Å². The highest BCUT2D eigenvalue weighted by atomic mass is 16.5. The normalized spacial score (nSPS) is 12.0. The number of benzene rings is 1. The first-order chi connectivity index (χ1) is 8.53. The third-order valence-electron chi connectivity index (χ3n) is 3.15. The van der Waals surface area contributed by atoms with Crippen molar-refractivity contribution in [2.24, 2.45) is 5.92 Å². The van der Waals surface area contributed by atoms with Crippen LogP contribution >= 0.6 is 0 Å². The summed E-state index contributed by atoms with van der Waals surface area (Å²) in [5.74, 6) is 0.254. The molecule has 0 fully saturated rings. The molecular formula is C14H20O4. The highest BCUT2D eigenvalue weighted by Gasteiger charge is 2.19. The lowest BCUT2D eigenvalue weighted by molar-refractivity contribution is -0.141. The summed E-state index contributed by atoms with van der Waals surface area (Å²) in [4.78, 5) is 11.1. The van der Waals surface area contributed by atoms with Gasteiger partial charge in [-0.15, -0.1) is 0 Å². The maximum absolute atomic E-state index is 11.1. The summed E-state index contributed by atoms with van der Waals surface area (Å²) in [6.07, 6.45) is 1.08. The highest BCUT2D eigenvalue weighted by Crippen LogP contribution is 2.30. The van der Waals surface area contributed by atoms with Gasteiger partial charge in [0.05, 0.1) is 20.1 Å². The molecule has 0 heterocycles. The van der Waals surface area contributed by atoms with Crippen LogP contribution in [0.3, 0.4) is 0 Å². The van der Waals surface area contributed by atoms with Gasteiger partial charge in [0.1, 0.15) is 11.5 Å². The van der Waals surface area contributed by atoms with Crippen molar-refractivity contribution in [3.05, 3.63) is 23.3 Å². The van der Waals surface area contributed by atoms with E-state index < -0.39 is 5.97 Å². The molecule has 1 unspecified atom stereocenters. The standard InChI is InChI=1S/C14H20O4/c1-5-10(14(15)16)7-12-9(2)6-11(17-3)8-13(12)18-4/h6,8,10H,5,7H2,1-4H3,(H,15,16). The van der Waals surface area contributed by atoms with Crippen LogP contribution in [0.1, 0.15) is 24.5 Å². The summed E-state index contributed by atoms with van der Waals surface area (Å²) < 4.78 is 10.5. The van der Waals surface area contributed by atoms with E-state index in [2.05, 4.69) is 0 Å². The van der Waals surface area contributed by atoms with E-state index in [0.717, 1.165) is 16.9 Å². The molecule has 0 aliphatic carbocycles. The van der Waals surface area contributed by atoms with Crippen LogP contribution in [0.25, 0.3) is 0 Å². The fourth-order valence-electron chi connectivity index (χ4n) is 1.97. The lowest BCUT2D eigenvalue weighted by Gasteiger charge is -2.16. The Labute approximate surface area is 108 Å². The minimum Gasteiger partial charge on any atom is -0.497 e. The number of aliphatic carboxylic acids is 1. The minimum atomic E-state index is -0.769. The zero-order chi connectivity index (χ0) is 13.7. The predicted octanol–water partition coefficient (Wildman–Crippen LogP) is 2.67. The monoisotopic (exact) mass is 252 g/mol. The van der Waals surface area contributed by atoms with E-state index in [1.54, 1.807) is 20.3 Å². The molecule has 1 atom stereocenters. The van der Waals surface area contributed by atoms with Gasteiger partial charge in [-0.05, 0) is 37.0 Å². The smallest absolute Gasteiger partial charge is 0.306 e. The van der Waals surface area contributed by atoms with E-state index in [9.17, 15) is 4.79 Å². The second-order valence-corrected chi connectivity index (χ2v) is 4.27. The number of ether oxygens (including phenoxy) is 2. The first-order valence-electron chi connectivity index (χ1n) is 5.97. The maximum atomic E-state index is 11.1. The predicted molar refractivity (Wildman–Crippen MR) is 69.4 cm³/mol. The van der Waals surface area contributed by atoms with Crippen molar-refractivity contribution in [2.75, 3.05) is 14.2 Å².